The Labute approximate surface area is 160 Å². The number of carbonyl (C=O) groups excluding carboxylic acids is 2. The lowest BCUT2D eigenvalue weighted by molar-refractivity contribution is -0.132. The Bertz CT molecular complexity index is 867. The zero-order valence-electron chi connectivity index (χ0n) is 15.9. The second kappa shape index (κ2) is 6.80. The molecule has 5 nitrogen and oxygen atoms in total. The molecule has 1 aromatic carbocycles. The monoisotopic (exact) mass is 363 g/mol. The Morgan fingerprint density at radius 1 is 1.26 bits per heavy atom. The predicted octanol–water partition coefficient (Wildman–Crippen LogP) is 2.90. The van der Waals surface area contributed by atoms with Gasteiger partial charge in [0.2, 0.25) is 5.91 Å². The van der Waals surface area contributed by atoms with E-state index in [4.69, 9.17) is 0 Å². The minimum absolute atomic E-state index is 0.0189. The highest BCUT2D eigenvalue weighted by Gasteiger charge is 2.61. The molecular formula is C22H25N3O2. The first-order valence-electron chi connectivity index (χ1n) is 9.49. The molecule has 2 heterocycles. The van der Waals surface area contributed by atoms with Gasteiger partial charge in [-0.15, -0.1) is 0 Å². The van der Waals surface area contributed by atoms with Crippen molar-refractivity contribution in [3.63, 3.8) is 0 Å². The zero-order valence-corrected chi connectivity index (χ0v) is 15.9. The maximum atomic E-state index is 12.9. The fourth-order valence-electron chi connectivity index (χ4n) is 4.26. The maximum Gasteiger partial charge on any atom is 0.253 e. The number of amides is 2. The van der Waals surface area contributed by atoms with Crippen molar-refractivity contribution < 1.29 is 9.59 Å². The Morgan fingerprint density at radius 3 is 2.85 bits per heavy atom. The number of pyridine rings is 1. The average molecular weight is 363 g/mol. The SMILES string of the molecule is Cc1cccc(C(=O)N2CCC3(CC3C(=O)N(C)Cc3ccccn3)C2)c1. The molecule has 0 N–H and O–H groups in total. The molecule has 2 fully saturated rings. The minimum atomic E-state index is -0.0189. The molecule has 5 heteroatoms. The first-order chi connectivity index (χ1) is 13.0. The topological polar surface area (TPSA) is 53.5 Å². The lowest BCUT2D eigenvalue weighted by Gasteiger charge is -2.19. The summed E-state index contributed by atoms with van der Waals surface area (Å²) >= 11 is 0. The van der Waals surface area contributed by atoms with Gasteiger partial charge in [-0.25, -0.2) is 0 Å². The van der Waals surface area contributed by atoms with Crippen LogP contribution in [0.1, 0.15) is 34.5 Å². The molecule has 2 atom stereocenters. The number of benzene rings is 1. The molecule has 0 radical (unpaired) electrons. The number of likely N-dealkylation sites (tertiary alicyclic amines) is 1. The van der Waals surface area contributed by atoms with Crippen LogP contribution >= 0.6 is 0 Å². The molecule has 1 aliphatic carbocycles. The summed E-state index contributed by atoms with van der Waals surface area (Å²) in [6, 6.07) is 13.5. The van der Waals surface area contributed by atoms with Crippen LogP contribution < -0.4 is 0 Å². The average Bonchev–Trinajstić information content (AvgIpc) is 3.20. The van der Waals surface area contributed by atoms with Gasteiger partial charge in [0.25, 0.3) is 5.91 Å². The highest BCUT2D eigenvalue weighted by atomic mass is 16.2. The van der Waals surface area contributed by atoms with Crippen LogP contribution in [0.5, 0.6) is 0 Å². The Hall–Kier alpha value is -2.69. The predicted molar refractivity (Wildman–Crippen MR) is 103 cm³/mol. The lowest BCUT2D eigenvalue weighted by atomic mass is 10.0. The van der Waals surface area contributed by atoms with Crippen molar-refractivity contribution in [2.45, 2.75) is 26.3 Å². The highest BCUT2D eigenvalue weighted by molar-refractivity contribution is 5.95. The van der Waals surface area contributed by atoms with E-state index in [0.717, 1.165) is 36.2 Å². The van der Waals surface area contributed by atoms with E-state index >= 15 is 0 Å². The van der Waals surface area contributed by atoms with Gasteiger partial charge in [0.1, 0.15) is 0 Å². The summed E-state index contributed by atoms with van der Waals surface area (Å²) in [5.74, 6) is 0.280. The zero-order chi connectivity index (χ0) is 19.0. The summed E-state index contributed by atoms with van der Waals surface area (Å²) in [6.07, 6.45) is 3.55. The molecule has 2 aromatic rings. The first kappa shape index (κ1) is 17.7. The van der Waals surface area contributed by atoms with E-state index in [1.807, 2.05) is 61.3 Å². The first-order valence-corrected chi connectivity index (χ1v) is 9.49. The van der Waals surface area contributed by atoms with E-state index in [9.17, 15) is 9.59 Å². The van der Waals surface area contributed by atoms with Crippen LogP contribution in [0.25, 0.3) is 0 Å². The molecule has 2 aliphatic rings. The Balaban J connectivity index is 1.38. The molecule has 140 valence electrons. The van der Waals surface area contributed by atoms with Gasteiger partial charge in [-0.2, -0.15) is 0 Å². The quantitative estimate of drug-likeness (QED) is 0.839. The third-order valence-electron chi connectivity index (χ3n) is 5.93. The van der Waals surface area contributed by atoms with Crippen LogP contribution in [-0.2, 0) is 11.3 Å². The molecule has 1 aromatic heterocycles. The van der Waals surface area contributed by atoms with Crippen molar-refractivity contribution in [3.05, 3.63) is 65.5 Å². The Morgan fingerprint density at radius 2 is 2.11 bits per heavy atom. The fraction of sp³-hybridized carbons (Fsp3) is 0.409. The van der Waals surface area contributed by atoms with Crippen molar-refractivity contribution >= 4 is 11.8 Å². The molecule has 0 bridgehead atoms. The molecule has 1 aliphatic heterocycles. The van der Waals surface area contributed by atoms with Crippen molar-refractivity contribution in [1.82, 2.24) is 14.8 Å². The van der Waals surface area contributed by atoms with Gasteiger partial charge in [-0.1, -0.05) is 23.8 Å². The van der Waals surface area contributed by atoms with Crippen LogP contribution in [-0.4, -0.2) is 46.7 Å². The number of aromatic nitrogens is 1. The van der Waals surface area contributed by atoms with Gasteiger partial charge < -0.3 is 9.80 Å². The van der Waals surface area contributed by atoms with Crippen LogP contribution in [0.3, 0.4) is 0 Å². The second-order valence-corrected chi connectivity index (χ2v) is 7.98. The molecule has 1 saturated heterocycles. The van der Waals surface area contributed by atoms with Crippen molar-refractivity contribution in [2.24, 2.45) is 11.3 Å². The normalized spacial score (nSPS) is 23.5. The van der Waals surface area contributed by atoms with Gasteiger partial charge >= 0.3 is 0 Å². The van der Waals surface area contributed by atoms with E-state index < -0.39 is 0 Å². The van der Waals surface area contributed by atoms with Crippen molar-refractivity contribution in [1.29, 1.82) is 0 Å². The summed E-state index contributed by atoms with van der Waals surface area (Å²) < 4.78 is 0. The number of nitrogens with zero attached hydrogens (tertiary/aromatic N) is 3. The highest BCUT2D eigenvalue weighted by Crippen LogP contribution is 2.59. The van der Waals surface area contributed by atoms with Crippen molar-refractivity contribution in [2.75, 3.05) is 20.1 Å². The van der Waals surface area contributed by atoms with Gasteiger partial charge in [0, 0.05) is 43.2 Å². The third kappa shape index (κ3) is 3.46. The smallest absolute Gasteiger partial charge is 0.253 e. The van der Waals surface area contributed by atoms with E-state index in [1.165, 1.54) is 0 Å². The summed E-state index contributed by atoms with van der Waals surface area (Å²) in [5, 5.41) is 0. The molecule has 27 heavy (non-hydrogen) atoms. The number of rotatable bonds is 4. The minimum Gasteiger partial charge on any atom is -0.340 e. The summed E-state index contributed by atoms with van der Waals surface area (Å²) in [7, 11) is 1.84. The standard InChI is InChI=1S/C22H25N3O2/c1-16-6-5-7-17(12-16)20(26)25-11-9-22(15-25)13-19(22)21(27)24(2)14-18-8-3-4-10-23-18/h3-8,10,12,19H,9,11,13-15H2,1-2H3. The van der Waals surface area contributed by atoms with Gasteiger partial charge in [0.15, 0.2) is 0 Å². The van der Waals surface area contributed by atoms with Crippen LogP contribution in [0.15, 0.2) is 48.7 Å². The Kier molecular flexibility index (Phi) is 4.46. The largest absolute Gasteiger partial charge is 0.340 e. The number of aryl methyl sites for hydroxylation is 1. The molecule has 1 spiro atoms. The number of hydrogen-bond donors (Lipinski definition) is 0. The van der Waals surface area contributed by atoms with Gasteiger partial charge in [-0.05, 0) is 44.0 Å². The third-order valence-corrected chi connectivity index (χ3v) is 5.93. The number of carbonyl (C=O) groups is 2. The summed E-state index contributed by atoms with van der Waals surface area (Å²) in [4.78, 5) is 33.6. The number of hydrogen-bond acceptors (Lipinski definition) is 3. The molecule has 2 unspecified atom stereocenters. The van der Waals surface area contributed by atoms with E-state index in [0.29, 0.717) is 13.1 Å². The summed E-state index contributed by atoms with van der Waals surface area (Å²) in [5.41, 5.74) is 2.70. The fourth-order valence-corrected chi connectivity index (χ4v) is 4.26. The summed E-state index contributed by atoms with van der Waals surface area (Å²) in [6.45, 7) is 3.95. The maximum absolute atomic E-state index is 12.9. The van der Waals surface area contributed by atoms with Crippen LogP contribution in [0, 0.1) is 18.3 Å². The van der Waals surface area contributed by atoms with E-state index in [-0.39, 0.29) is 23.1 Å². The molecular weight excluding hydrogens is 338 g/mol. The van der Waals surface area contributed by atoms with Gasteiger partial charge in [0.05, 0.1) is 12.2 Å². The molecule has 1 saturated carbocycles. The van der Waals surface area contributed by atoms with Crippen molar-refractivity contribution in [3.8, 4) is 0 Å². The van der Waals surface area contributed by atoms with Crippen LogP contribution in [0.4, 0.5) is 0 Å². The molecule has 4 rings (SSSR count). The molecule has 2 amide bonds. The van der Waals surface area contributed by atoms with Crippen LogP contribution in [0.2, 0.25) is 0 Å². The lowest BCUT2D eigenvalue weighted by Crippen LogP contribution is -2.32. The van der Waals surface area contributed by atoms with Gasteiger partial charge in [-0.3, -0.25) is 14.6 Å². The van der Waals surface area contributed by atoms with E-state index in [2.05, 4.69) is 4.98 Å². The second-order valence-electron chi connectivity index (χ2n) is 7.98. The van der Waals surface area contributed by atoms with E-state index in [1.54, 1.807) is 11.1 Å².